The zero-order valence-corrected chi connectivity index (χ0v) is 8.98. The highest BCUT2D eigenvalue weighted by atomic mass is 15.1. The van der Waals surface area contributed by atoms with Crippen LogP contribution in [-0.4, -0.2) is 16.1 Å². The zero-order valence-electron chi connectivity index (χ0n) is 8.98. The van der Waals surface area contributed by atoms with Crippen LogP contribution in [0.1, 0.15) is 44.3 Å². The molecule has 0 saturated heterocycles. The second-order valence-electron chi connectivity index (χ2n) is 4.55. The molecular formula is C11H19N3. The van der Waals surface area contributed by atoms with Crippen molar-refractivity contribution in [2.24, 2.45) is 11.7 Å². The zero-order chi connectivity index (χ0) is 10.1. The molecule has 0 spiro atoms. The summed E-state index contributed by atoms with van der Waals surface area (Å²) in [5.41, 5.74) is 7.19. The minimum Gasteiger partial charge on any atom is -0.330 e. The molecular weight excluding hydrogens is 174 g/mol. The Hall–Kier alpha value is -0.830. The van der Waals surface area contributed by atoms with Gasteiger partial charge >= 0.3 is 0 Å². The van der Waals surface area contributed by atoms with Gasteiger partial charge in [0.05, 0.1) is 6.33 Å². The van der Waals surface area contributed by atoms with Crippen LogP contribution in [0.5, 0.6) is 0 Å². The Morgan fingerprint density at radius 3 is 2.79 bits per heavy atom. The maximum Gasteiger partial charge on any atom is 0.0951 e. The van der Waals surface area contributed by atoms with E-state index in [9.17, 15) is 0 Å². The van der Waals surface area contributed by atoms with Crippen molar-refractivity contribution in [3.8, 4) is 0 Å². The van der Waals surface area contributed by atoms with E-state index in [0.717, 1.165) is 5.92 Å². The normalized spacial score (nSPS) is 18.9. The SMILES string of the molecule is CC(C)C(CN)n1cncc1C1CC1. The van der Waals surface area contributed by atoms with Gasteiger partial charge in [-0.15, -0.1) is 0 Å². The lowest BCUT2D eigenvalue weighted by Crippen LogP contribution is -2.24. The number of hydrogen-bond acceptors (Lipinski definition) is 2. The summed E-state index contributed by atoms with van der Waals surface area (Å²) < 4.78 is 2.28. The van der Waals surface area contributed by atoms with Crippen molar-refractivity contribution in [2.75, 3.05) is 6.54 Å². The van der Waals surface area contributed by atoms with Gasteiger partial charge in [-0.05, 0) is 18.8 Å². The summed E-state index contributed by atoms with van der Waals surface area (Å²) in [6, 6.07) is 0.410. The number of aromatic nitrogens is 2. The van der Waals surface area contributed by atoms with E-state index in [0.29, 0.717) is 18.5 Å². The van der Waals surface area contributed by atoms with Crippen molar-refractivity contribution < 1.29 is 0 Å². The van der Waals surface area contributed by atoms with E-state index in [4.69, 9.17) is 5.73 Å². The number of nitrogens with two attached hydrogens (primary N) is 1. The number of rotatable bonds is 4. The Morgan fingerprint density at radius 1 is 1.57 bits per heavy atom. The standard InChI is InChI=1S/C11H19N3/c1-8(2)10(5-12)14-7-13-6-11(14)9-3-4-9/h6-10H,3-5,12H2,1-2H3. The minimum absolute atomic E-state index is 0.410. The smallest absolute Gasteiger partial charge is 0.0951 e. The summed E-state index contributed by atoms with van der Waals surface area (Å²) in [4.78, 5) is 4.24. The average molecular weight is 193 g/mol. The van der Waals surface area contributed by atoms with E-state index >= 15 is 0 Å². The van der Waals surface area contributed by atoms with Gasteiger partial charge in [-0.25, -0.2) is 4.98 Å². The van der Waals surface area contributed by atoms with E-state index < -0.39 is 0 Å². The number of imidazole rings is 1. The summed E-state index contributed by atoms with van der Waals surface area (Å²) in [5.74, 6) is 1.33. The highest BCUT2D eigenvalue weighted by Crippen LogP contribution is 2.41. The monoisotopic (exact) mass is 193 g/mol. The summed E-state index contributed by atoms with van der Waals surface area (Å²) in [7, 11) is 0. The Kier molecular flexibility index (Phi) is 2.59. The van der Waals surface area contributed by atoms with Crippen molar-refractivity contribution >= 4 is 0 Å². The molecule has 1 fully saturated rings. The van der Waals surface area contributed by atoms with Crippen LogP contribution in [0.2, 0.25) is 0 Å². The third-order valence-corrected chi connectivity index (χ3v) is 3.06. The van der Waals surface area contributed by atoms with Gasteiger partial charge < -0.3 is 10.3 Å². The predicted molar refractivity (Wildman–Crippen MR) is 57.1 cm³/mol. The molecule has 1 aliphatic rings. The Bertz CT molecular complexity index is 299. The van der Waals surface area contributed by atoms with Gasteiger partial charge in [-0.1, -0.05) is 13.8 Å². The summed E-state index contributed by atoms with van der Waals surface area (Å²) in [6.45, 7) is 5.14. The molecule has 1 heterocycles. The fourth-order valence-corrected chi connectivity index (χ4v) is 1.99. The highest BCUT2D eigenvalue weighted by molar-refractivity contribution is 5.14. The van der Waals surface area contributed by atoms with E-state index in [1.54, 1.807) is 0 Å². The summed E-state index contributed by atoms with van der Waals surface area (Å²) >= 11 is 0. The molecule has 1 unspecified atom stereocenters. The van der Waals surface area contributed by atoms with Crippen LogP contribution in [0.15, 0.2) is 12.5 Å². The first-order chi connectivity index (χ1) is 6.74. The molecule has 1 saturated carbocycles. The average Bonchev–Trinajstić information content (AvgIpc) is 2.88. The Balaban J connectivity index is 2.24. The minimum atomic E-state index is 0.410. The fraction of sp³-hybridized carbons (Fsp3) is 0.727. The van der Waals surface area contributed by atoms with Gasteiger partial charge in [0.1, 0.15) is 0 Å². The molecule has 14 heavy (non-hydrogen) atoms. The van der Waals surface area contributed by atoms with Crippen LogP contribution >= 0.6 is 0 Å². The van der Waals surface area contributed by atoms with Crippen molar-refractivity contribution in [1.82, 2.24) is 9.55 Å². The molecule has 2 rings (SSSR count). The van der Waals surface area contributed by atoms with E-state index in [1.807, 2.05) is 12.5 Å². The number of hydrogen-bond donors (Lipinski definition) is 1. The third-order valence-electron chi connectivity index (χ3n) is 3.06. The molecule has 0 amide bonds. The largest absolute Gasteiger partial charge is 0.330 e. The topological polar surface area (TPSA) is 43.8 Å². The van der Waals surface area contributed by atoms with Gasteiger partial charge in [0.2, 0.25) is 0 Å². The molecule has 1 aromatic heterocycles. The van der Waals surface area contributed by atoms with Gasteiger partial charge in [0.15, 0.2) is 0 Å². The predicted octanol–water partition coefficient (Wildman–Crippen LogP) is 1.92. The second kappa shape index (κ2) is 3.73. The molecule has 1 aromatic rings. The lowest BCUT2D eigenvalue weighted by Gasteiger charge is -2.22. The highest BCUT2D eigenvalue weighted by Gasteiger charge is 2.29. The maximum absolute atomic E-state index is 5.81. The van der Waals surface area contributed by atoms with E-state index in [1.165, 1.54) is 18.5 Å². The van der Waals surface area contributed by atoms with Crippen LogP contribution in [-0.2, 0) is 0 Å². The first-order valence-electron chi connectivity index (χ1n) is 5.45. The van der Waals surface area contributed by atoms with Crippen LogP contribution in [0.25, 0.3) is 0 Å². The van der Waals surface area contributed by atoms with Crippen LogP contribution < -0.4 is 5.73 Å². The molecule has 0 bridgehead atoms. The molecule has 2 N–H and O–H groups in total. The Labute approximate surface area is 85.3 Å². The molecule has 1 atom stereocenters. The Morgan fingerprint density at radius 2 is 2.29 bits per heavy atom. The third kappa shape index (κ3) is 1.69. The summed E-state index contributed by atoms with van der Waals surface area (Å²) in [5, 5.41) is 0. The molecule has 0 aromatic carbocycles. The first-order valence-corrected chi connectivity index (χ1v) is 5.45. The van der Waals surface area contributed by atoms with Crippen LogP contribution in [0.3, 0.4) is 0 Å². The van der Waals surface area contributed by atoms with Gasteiger partial charge in [-0.3, -0.25) is 0 Å². The number of nitrogens with zero attached hydrogens (tertiary/aromatic N) is 2. The van der Waals surface area contributed by atoms with Gasteiger partial charge in [0, 0.05) is 30.4 Å². The summed E-state index contributed by atoms with van der Waals surface area (Å²) in [6.07, 6.45) is 6.58. The van der Waals surface area contributed by atoms with Crippen molar-refractivity contribution in [1.29, 1.82) is 0 Å². The van der Waals surface area contributed by atoms with Crippen LogP contribution in [0.4, 0.5) is 0 Å². The second-order valence-corrected chi connectivity index (χ2v) is 4.55. The van der Waals surface area contributed by atoms with Crippen molar-refractivity contribution in [2.45, 2.75) is 38.6 Å². The van der Waals surface area contributed by atoms with Crippen molar-refractivity contribution in [3.63, 3.8) is 0 Å². The molecule has 0 aliphatic heterocycles. The lowest BCUT2D eigenvalue weighted by molar-refractivity contribution is 0.376. The van der Waals surface area contributed by atoms with Gasteiger partial charge in [-0.2, -0.15) is 0 Å². The molecule has 78 valence electrons. The maximum atomic E-state index is 5.81. The van der Waals surface area contributed by atoms with E-state index in [-0.39, 0.29) is 0 Å². The molecule has 3 heteroatoms. The van der Waals surface area contributed by atoms with Crippen molar-refractivity contribution in [3.05, 3.63) is 18.2 Å². The molecule has 0 radical (unpaired) electrons. The first kappa shape index (κ1) is 9.71. The quantitative estimate of drug-likeness (QED) is 0.794. The van der Waals surface area contributed by atoms with Gasteiger partial charge in [0.25, 0.3) is 0 Å². The molecule has 3 nitrogen and oxygen atoms in total. The fourth-order valence-electron chi connectivity index (χ4n) is 1.99. The van der Waals surface area contributed by atoms with Crippen LogP contribution in [0, 0.1) is 5.92 Å². The molecule has 1 aliphatic carbocycles. The lowest BCUT2D eigenvalue weighted by atomic mass is 10.0. The van der Waals surface area contributed by atoms with E-state index in [2.05, 4.69) is 23.4 Å².